The molecule has 0 atom stereocenters. The van der Waals surface area contributed by atoms with Crippen LogP contribution in [-0.4, -0.2) is 11.2 Å². The van der Waals surface area contributed by atoms with Gasteiger partial charge >= 0.3 is 0 Å². The molecule has 0 aliphatic rings. The molecule has 3 nitrogen and oxygen atoms in total. The molecule has 0 aliphatic heterocycles. The molecule has 2 aromatic heterocycles. The lowest BCUT2D eigenvalue weighted by Gasteiger charge is -1.90. The van der Waals surface area contributed by atoms with Crippen molar-refractivity contribution in [1.82, 2.24) is 4.98 Å². The van der Waals surface area contributed by atoms with E-state index in [1.54, 1.807) is 28.9 Å². The van der Waals surface area contributed by atoms with Crippen molar-refractivity contribution in [2.45, 2.75) is 0 Å². The van der Waals surface area contributed by atoms with E-state index in [1.807, 2.05) is 30.3 Å². The third kappa shape index (κ3) is 2.60. The Balaban J connectivity index is 1.74. The van der Waals surface area contributed by atoms with E-state index in [1.165, 1.54) is 0 Å². The topological polar surface area (TPSA) is 37.3 Å². The quantitative estimate of drug-likeness (QED) is 0.561. The maximum absolute atomic E-state index is 4.44. The second-order valence-corrected chi connectivity index (χ2v) is 7.02. The van der Waals surface area contributed by atoms with Gasteiger partial charge in [-0.2, -0.15) is 5.10 Å². The van der Waals surface area contributed by atoms with Crippen molar-refractivity contribution >= 4 is 60.2 Å². The first-order valence-corrected chi connectivity index (χ1v) is 7.64. The summed E-state index contributed by atoms with van der Waals surface area (Å²) >= 11 is 6.65. The van der Waals surface area contributed by atoms with Gasteiger partial charge in [0.1, 0.15) is 0 Å². The molecule has 90 valence electrons. The number of aromatic nitrogens is 1. The van der Waals surface area contributed by atoms with Gasteiger partial charge in [0, 0.05) is 4.88 Å². The van der Waals surface area contributed by atoms with Crippen LogP contribution in [0.1, 0.15) is 4.88 Å². The number of nitrogens with zero attached hydrogens (tertiary/aromatic N) is 2. The summed E-state index contributed by atoms with van der Waals surface area (Å²) in [5.41, 5.74) is 3.96. The van der Waals surface area contributed by atoms with Gasteiger partial charge in [-0.1, -0.05) is 23.5 Å². The summed E-state index contributed by atoms with van der Waals surface area (Å²) in [7, 11) is 0. The van der Waals surface area contributed by atoms with Gasteiger partial charge in [-0.25, -0.2) is 4.98 Å². The smallest absolute Gasteiger partial charge is 0.204 e. The Morgan fingerprint density at radius 1 is 1.17 bits per heavy atom. The van der Waals surface area contributed by atoms with Crippen molar-refractivity contribution < 1.29 is 0 Å². The molecule has 0 unspecified atom stereocenters. The minimum absolute atomic E-state index is 0.808. The molecule has 3 aromatic rings. The molecule has 0 fully saturated rings. The zero-order valence-electron chi connectivity index (χ0n) is 9.13. The highest BCUT2D eigenvalue weighted by atomic mass is 79.9. The Bertz CT molecular complexity index is 669. The number of fused-ring (bicyclic) bond motifs is 1. The summed E-state index contributed by atoms with van der Waals surface area (Å²) in [6.07, 6.45) is 1.79. The summed E-state index contributed by atoms with van der Waals surface area (Å²) in [6.45, 7) is 0. The van der Waals surface area contributed by atoms with Crippen molar-refractivity contribution in [1.29, 1.82) is 0 Å². The van der Waals surface area contributed by atoms with Crippen LogP contribution < -0.4 is 5.43 Å². The molecular formula is C12H8BrN3S2. The molecule has 2 heterocycles. The SMILES string of the molecule is Brc1ccc(/C=N\Nc2nc3ccccc3s2)s1. The number of hydrogen-bond acceptors (Lipinski definition) is 5. The van der Waals surface area contributed by atoms with Gasteiger partial charge < -0.3 is 0 Å². The number of anilines is 1. The Labute approximate surface area is 120 Å². The molecular weight excluding hydrogens is 330 g/mol. The predicted octanol–water partition coefficient (Wildman–Crippen LogP) is 4.57. The van der Waals surface area contributed by atoms with Crippen LogP contribution in [0.4, 0.5) is 5.13 Å². The Morgan fingerprint density at radius 3 is 2.83 bits per heavy atom. The van der Waals surface area contributed by atoms with Crippen molar-refractivity contribution in [2.75, 3.05) is 5.43 Å². The average molecular weight is 338 g/mol. The fourth-order valence-electron chi connectivity index (χ4n) is 1.47. The lowest BCUT2D eigenvalue weighted by Crippen LogP contribution is -1.87. The van der Waals surface area contributed by atoms with E-state index >= 15 is 0 Å². The van der Waals surface area contributed by atoms with E-state index in [4.69, 9.17) is 0 Å². The molecule has 0 aliphatic carbocycles. The molecule has 0 saturated heterocycles. The van der Waals surface area contributed by atoms with Crippen molar-refractivity contribution in [3.05, 3.63) is 45.1 Å². The minimum Gasteiger partial charge on any atom is -0.253 e. The van der Waals surface area contributed by atoms with Crippen LogP contribution in [0, 0.1) is 0 Å². The lowest BCUT2D eigenvalue weighted by atomic mass is 10.3. The molecule has 6 heteroatoms. The number of benzene rings is 1. The monoisotopic (exact) mass is 337 g/mol. The maximum atomic E-state index is 4.44. The lowest BCUT2D eigenvalue weighted by molar-refractivity contribution is 1.31. The first-order chi connectivity index (χ1) is 8.81. The van der Waals surface area contributed by atoms with Crippen LogP contribution >= 0.6 is 38.6 Å². The number of nitrogens with one attached hydrogen (secondary N) is 1. The molecule has 0 radical (unpaired) electrons. The predicted molar refractivity (Wildman–Crippen MR) is 82.9 cm³/mol. The third-order valence-electron chi connectivity index (χ3n) is 2.24. The van der Waals surface area contributed by atoms with Gasteiger partial charge in [0.05, 0.1) is 20.2 Å². The Kier molecular flexibility index (Phi) is 3.40. The van der Waals surface area contributed by atoms with E-state index in [9.17, 15) is 0 Å². The van der Waals surface area contributed by atoms with E-state index in [0.717, 1.165) is 24.0 Å². The summed E-state index contributed by atoms with van der Waals surface area (Å²) in [6, 6.07) is 12.1. The van der Waals surface area contributed by atoms with Crippen molar-refractivity contribution in [2.24, 2.45) is 5.10 Å². The van der Waals surface area contributed by atoms with Crippen LogP contribution in [-0.2, 0) is 0 Å². The summed E-state index contributed by atoms with van der Waals surface area (Å²) in [4.78, 5) is 5.53. The molecule has 0 spiro atoms. The van der Waals surface area contributed by atoms with Crippen LogP contribution in [0.15, 0.2) is 45.3 Å². The Hall–Kier alpha value is -1.24. The number of thiazole rings is 1. The highest BCUT2D eigenvalue weighted by Gasteiger charge is 2.00. The standard InChI is InChI=1S/C12H8BrN3S2/c13-11-6-5-8(17-11)7-14-16-12-15-9-3-1-2-4-10(9)18-12/h1-7H,(H,15,16)/b14-7-. The van der Waals surface area contributed by atoms with Gasteiger partial charge in [0.25, 0.3) is 0 Å². The highest BCUT2D eigenvalue weighted by molar-refractivity contribution is 9.11. The Morgan fingerprint density at radius 2 is 2.06 bits per heavy atom. The van der Waals surface area contributed by atoms with E-state index < -0.39 is 0 Å². The van der Waals surface area contributed by atoms with Gasteiger partial charge in [-0.05, 0) is 40.2 Å². The van der Waals surface area contributed by atoms with Gasteiger partial charge in [0.15, 0.2) is 0 Å². The molecule has 0 bridgehead atoms. The first kappa shape index (κ1) is 11.8. The molecule has 3 rings (SSSR count). The average Bonchev–Trinajstić information content (AvgIpc) is 2.95. The maximum Gasteiger partial charge on any atom is 0.204 e. The van der Waals surface area contributed by atoms with E-state index in [2.05, 4.69) is 37.5 Å². The van der Waals surface area contributed by atoms with Crippen LogP contribution in [0.5, 0.6) is 0 Å². The normalized spacial score (nSPS) is 11.4. The van der Waals surface area contributed by atoms with Crippen molar-refractivity contribution in [3.63, 3.8) is 0 Å². The number of rotatable bonds is 3. The zero-order valence-corrected chi connectivity index (χ0v) is 12.3. The number of hydrogen-bond donors (Lipinski definition) is 1. The summed E-state index contributed by atoms with van der Waals surface area (Å²) < 4.78 is 2.26. The molecule has 0 amide bonds. The number of halogens is 1. The summed E-state index contributed by atoms with van der Waals surface area (Å²) in [5.74, 6) is 0. The molecule has 1 aromatic carbocycles. The van der Waals surface area contributed by atoms with E-state index in [0.29, 0.717) is 0 Å². The van der Waals surface area contributed by atoms with Crippen LogP contribution in [0.3, 0.4) is 0 Å². The van der Waals surface area contributed by atoms with Gasteiger partial charge in [-0.15, -0.1) is 11.3 Å². The highest BCUT2D eigenvalue weighted by Crippen LogP contribution is 2.25. The zero-order chi connectivity index (χ0) is 12.4. The largest absolute Gasteiger partial charge is 0.253 e. The van der Waals surface area contributed by atoms with Crippen LogP contribution in [0.2, 0.25) is 0 Å². The van der Waals surface area contributed by atoms with Gasteiger partial charge in [-0.3, -0.25) is 5.43 Å². The van der Waals surface area contributed by atoms with Crippen molar-refractivity contribution in [3.8, 4) is 0 Å². The molecule has 1 N–H and O–H groups in total. The number of hydrazone groups is 1. The number of para-hydroxylation sites is 1. The van der Waals surface area contributed by atoms with E-state index in [-0.39, 0.29) is 0 Å². The second kappa shape index (κ2) is 5.17. The molecule has 18 heavy (non-hydrogen) atoms. The number of thiophene rings is 1. The summed E-state index contributed by atoms with van der Waals surface area (Å²) in [5, 5.41) is 4.99. The molecule has 0 saturated carbocycles. The van der Waals surface area contributed by atoms with Crippen LogP contribution in [0.25, 0.3) is 10.2 Å². The fourth-order valence-corrected chi connectivity index (χ4v) is 3.58. The first-order valence-electron chi connectivity index (χ1n) is 5.21. The van der Waals surface area contributed by atoms with Gasteiger partial charge in [0.2, 0.25) is 5.13 Å². The second-order valence-electron chi connectivity index (χ2n) is 3.50. The fraction of sp³-hybridized carbons (Fsp3) is 0. The third-order valence-corrected chi connectivity index (χ3v) is 4.74. The minimum atomic E-state index is 0.808.